The molecule has 1 heterocycles. The van der Waals surface area contributed by atoms with Crippen molar-refractivity contribution in [3.63, 3.8) is 0 Å². The van der Waals surface area contributed by atoms with Crippen LogP contribution in [0.15, 0.2) is 36.7 Å². The van der Waals surface area contributed by atoms with Crippen LogP contribution in [0, 0.1) is 0 Å². The lowest BCUT2D eigenvalue weighted by molar-refractivity contribution is 0.0945. The Balaban J connectivity index is 1.94. The first kappa shape index (κ1) is 16.7. The maximum atomic E-state index is 12.1. The van der Waals surface area contributed by atoms with E-state index in [9.17, 15) is 4.79 Å². The Morgan fingerprint density at radius 2 is 1.83 bits per heavy atom. The monoisotopic (exact) mass is 314 g/mol. The molecule has 1 N–H and O–H groups in total. The van der Waals surface area contributed by atoms with Crippen LogP contribution in [0.3, 0.4) is 0 Å². The summed E-state index contributed by atoms with van der Waals surface area (Å²) in [7, 11) is 1.62. The number of methoxy groups -OCH3 is 1. The predicted molar refractivity (Wildman–Crippen MR) is 89.8 cm³/mol. The molecule has 0 unspecified atom stereocenters. The number of amides is 1. The zero-order chi connectivity index (χ0) is 16.7. The Morgan fingerprint density at radius 1 is 1.13 bits per heavy atom. The fraction of sp³-hybridized carbons (Fsp3) is 0.353. The highest BCUT2D eigenvalue weighted by Crippen LogP contribution is 2.11. The van der Waals surface area contributed by atoms with Crippen molar-refractivity contribution in [3.05, 3.63) is 47.9 Å². The van der Waals surface area contributed by atoms with E-state index in [-0.39, 0.29) is 5.91 Å². The van der Waals surface area contributed by atoms with Crippen molar-refractivity contribution in [2.24, 2.45) is 0 Å². The molecule has 1 aromatic carbocycles. The van der Waals surface area contributed by atoms with Gasteiger partial charge in [0.25, 0.3) is 5.91 Å². The summed E-state index contributed by atoms with van der Waals surface area (Å²) in [5, 5.41) is 2.83. The summed E-state index contributed by atoms with van der Waals surface area (Å²) in [6.45, 7) is 6.26. The van der Waals surface area contributed by atoms with Gasteiger partial charge in [0.15, 0.2) is 0 Å². The minimum absolute atomic E-state index is 0.237. The molecule has 1 amide bonds. The van der Waals surface area contributed by atoms with Crippen molar-refractivity contribution < 1.29 is 9.53 Å². The molecule has 122 valence electrons. The Hall–Kier alpha value is -2.63. The number of nitrogens with one attached hydrogen (secondary N) is 1. The molecular formula is C17H22N4O2. The number of ether oxygens (including phenoxy) is 1. The van der Waals surface area contributed by atoms with Gasteiger partial charge in [0.1, 0.15) is 17.3 Å². The average molecular weight is 314 g/mol. The zero-order valence-electron chi connectivity index (χ0n) is 13.7. The van der Waals surface area contributed by atoms with Gasteiger partial charge in [0.05, 0.1) is 19.5 Å². The third-order valence-electron chi connectivity index (χ3n) is 3.57. The summed E-state index contributed by atoms with van der Waals surface area (Å²) in [4.78, 5) is 22.7. The highest BCUT2D eigenvalue weighted by molar-refractivity contribution is 5.91. The molecule has 0 spiro atoms. The van der Waals surface area contributed by atoms with E-state index in [0.29, 0.717) is 12.2 Å². The SMILES string of the molecule is CCN(CC)c1cnc(C(=O)NCc2ccc(OC)cc2)cn1. The number of rotatable bonds is 7. The molecule has 0 radical (unpaired) electrons. The Bertz CT molecular complexity index is 622. The summed E-state index contributed by atoms with van der Waals surface area (Å²) in [5.74, 6) is 1.33. The van der Waals surface area contributed by atoms with E-state index in [4.69, 9.17) is 4.74 Å². The summed E-state index contributed by atoms with van der Waals surface area (Å²) in [6, 6.07) is 7.54. The van der Waals surface area contributed by atoms with Gasteiger partial charge in [0, 0.05) is 19.6 Å². The highest BCUT2D eigenvalue weighted by atomic mass is 16.5. The third-order valence-corrected chi connectivity index (χ3v) is 3.57. The van der Waals surface area contributed by atoms with E-state index >= 15 is 0 Å². The van der Waals surface area contributed by atoms with Crippen molar-refractivity contribution in [2.75, 3.05) is 25.1 Å². The fourth-order valence-electron chi connectivity index (χ4n) is 2.17. The average Bonchev–Trinajstić information content (AvgIpc) is 2.61. The quantitative estimate of drug-likeness (QED) is 0.849. The highest BCUT2D eigenvalue weighted by Gasteiger charge is 2.09. The van der Waals surface area contributed by atoms with Crippen LogP contribution in [0.4, 0.5) is 5.82 Å². The second-order valence-corrected chi connectivity index (χ2v) is 4.96. The second kappa shape index (κ2) is 8.12. The van der Waals surface area contributed by atoms with Crippen molar-refractivity contribution in [3.8, 4) is 5.75 Å². The van der Waals surface area contributed by atoms with E-state index in [0.717, 1.165) is 30.2 Å². The van der Waals surface area contributed by atoms with Crippen LogP contribution >= 0.6 is 0 Å². The molecule has 6 heteroatoms. The Labute approximate surface area is 136 Å². The van der Waals surface area contributed by atoms with Crippen molar-refractivity contribution in [1.82, 2.24) is 15.3 Å². The predicted octanol–water partition coefficient (Wildman–Crippen LogP) is 2.26. The van der Waals surface area contributed by atoms with E-state index in [1.807, 2.05) is 24.3 Å². The van der Waals surface area contributed by atoms with Gasteiger partial charge in [-0.3, -0.25) is 4.79 Å². The molecule has 0 aliphatic carbocycles. The van der Waals surface area contributed by atoms with E-state index < -0.39 is 0 Å². The van der Waals surface area contributed by atoms with Crippen LogP contribution < -0.4 is 15.0 Å². The fourth-order valence-corrected chi connectivity index (χ4v) is 2.17. The summed E-state index contributed by atoms with van der Waals surface area (Å²) < 4.78 is 5.10. The number of benzene rings is 1. The van der Waals surface area contributed by atoms with Crippen LogP contribution in [0.25, 0.3) is 0 Å². The number of aromatic nitrogens is 2. The van der Waals surface area contributed by atoms with Gasteiger partial charge in [-0.1, -0.05) is 12.1 Å². The molecule has 1 aromatic heterocycles. The number of anilines is 1. The van der Waals surface area contributed by atoms with Crippen molar-refractivity contribution >= 4 is 11.7 Å². The van der Waals surface area contributed by atoms with Crippen LogP contribution in [-0.4, -0.2) is 36.1 Å². The minimum Gasteiger partial charge on any atom is -0.497 e. The molecule has 2 rings (SSSR count). The molecular weight excluding hydrogens is 292 g/mol. The molecule has 0 saturated heterocycles. The lowest BCUT2D eigenvalue weighted by atomic mass is 10.2. The molecule has 0 bridgehead atoms. The topological polar surface area (TPSA) is 67.4 Å². The molecule has 0 aliphatic rings. The summed E-state index contributed by atoms with van der Waals surface area (Å²) in [5.41, 5.74) is 1.31. The van der Waals surface area contributed by atoms with Gasteiger partial charge in [-0.2, -0.15) is 0 Å². The lowest BCUT2D eigenvalue weighted by Crippen LogP contribution is -2.26. The van der Waals surface area contributed by atoms with Gasteiger partial charge in [-0.15, -0.1) is 0 Å². The van der Waals surface area contributed by atoms with E-state index in [1.165, 1.54) is 6.20 Å². The van der Waals surface area contributed by atoms with E-state index in [2.05, 4.69) is 34.0 Å². The molecule has 6 nitrogen and oxygen atoms in total. The van der Waals surface area contributed by atoms with Gasteiger partial charge in [-0.25, -0.2) is 9.97 Å². The molecule has 2 aromatic rings. The number of hydrogen-bond donors (Lipinski definition) is 1. The van der Waals surface area contributed by atoms with Crippen LogP contribution in [0.2, 0.25) is 0 Å². The number of nitrogens with zero attached hydrogens (tertiary/aromatic N) is 3. The third kappa shape index (κ3) is 4.42. The normalized spacial score (nSPS) is 10.2. The number of carbonyl (C=O) groups excluding carboxylic acids is 1. The van der Waals surface area contributed by atoms with Crippen LogP contribution in [0.5, 0.6) is 5.75 Å². The standard InChI is InChI=1S/C17H22N4O2/c1-4-21(5-2)16-12-18-15(11-19-16)17(22)20-10-13-6-8-14(23-3)9-7-13/h6-9,11-12H,4-5,10H2,1-3H3,(H,20,22). The lowest BCUT2D eigenvalue weighted by Gasteiger charge is -2.18. The second-order valence-electron chi connectivity index (χ2n) is 4.96. The van der Waals surface area contributed by atoms with Crippen molar-refractivity contribution in [1.29, 1.82) is 0 Å². The molecule has 0 fully saturated rings. The minimum atomic E-state index is -0.237. The van der Waals surface area contributed by atoms with Crippen LogP contribution in [-0.2, 0) is 6.54 Å². The first-order chi connectivity index (χ1) is 11.2. The maximum Gasteiger partial charge on any atom is 0.271 e. The molecule has 0 aliphatic heterocycles. The first-order valence-electron chi connectivity index (χ1n) is 7.66. The van der Waals surface area contributed by atoms with Crippen LogP contribution in [0.1, 0.15) is 29.9 Å². The van der Waals surface area contributed by atoms with Crippen molar-refractivity contribution in [2.45, 2.75) is 20.4 Å². The number of hydrogen-bond acceptors (Lipinski definition) is 5. The summed E-state index contributed by atoms with van der Waals surface area (Å²) in [6.07, 6.45) is 3.15. The Kier molecular flexibility index (Phi) is 5.91. The summed E-state index contributed by atoms with van der Waals surface area (Å²) >= 11 is 0. The van der Waals surface area contributed by atoms with Gasteiger partial charge in [-0.05, 0) is 31.5 Å². The van der Waals surface area contributed by atoms with Gasteiger partial charge < -0.3 is 15.0 Å². The van der Waals surface area contributed by atoms with Gasteiger partial charge in [0.2, 0.25) is 0 Å². The molecule has 23 heavy (non-hydrogen) atoms. The number of carbonyl (C=O) groups is 1. The zero-order valence-corrected chi connectivity index (χ0v) is 13.7. The molecule has 0 saturated carbocycles. The maximum absolute atomic E-state index is 12.1. The largest absolute Gasteiger partial charge is 0.497 e. The Morgan fingerprint density at radius 3 is 2.35 bits per heavy atom. The van der Waals surface area contributed by atoms with E-state index in [1.54, 1.807) is 13.3 Å². The van der Waals surface area contributed by atoms with Gasteiger partial charge >= 0.3 is 0 Å². The first-order valence-corrected chi connectivity index (χ1v) is 7.66. The molecule has 0 atom stereocenters. The smallest absolute Gasteiger partial charge is 0.271 e.